The normalized spacial score (nSPS) is 15.7. The predicted molar refractivity (Wildman–Crippen MR) is 120 cm³/mol. The summed E-state index contributed by atoms with van der Waals surface area (Å²) in [4.78, 5) is 29.3. The monoisotopic (exact) mass is 419 g/mol. The fourth-order valence-electron chi connectivity index (χ4n) is 4.16. The molecule has 1 N–H and O–H groups in total. The lowest BCUT2D eigenvalue weighted by Gasteiger charge is -2.36. The molecule has 1 atom stereocenters. The molecule has 1 amide bonds. The van der Waals surface area contributed by atoms with Gasteiger partial charge in [-0.3, -0.25) is 4.79 Å². The number of nitrogens with one attached hydrogen (secondary N) is 1. The summed E-state index contributed by atoms with van der Waals surface area (Å²) in [6, 6.07) is 13.9. The lowest BCUT2D eigenvalue weighted by Crippen LogP contribution is -2.50. The lowest BCUT2D eigenvalue weighted by atomic mass is 9.98. The second kappa shape index (κ2) is 7.61. The number of hydrogen-bond acceptors (Lipinski definition) is 4. The number of hydrogen-bond donors (Lipinski definition) is 1. The summed E-state index contributed by atoms with van der Waals surface area (Å²) in [6.07, 6.45) is 3.49. The maximum atomic E-state index is 13.1. The quantitative estimate of drug-likeness (QED) is 0.540. The van der Waals surface area contributed by atoms with E-state index in [0.29, 0.717) is 13.1 Å². The van der Waals surface area contributed by atoms with E-state index in [1.807, 2.05) is 42.2 Å². The molecule has 2 aromatic heterocycles. The van der Waals surface area contributed by atoms with E-state index < -0.39 is 0 Å². The van der Waals surface area contributed by atoms with Gasteiger partial charge < -0.3 is 14.8 Å². The van der Waals surface area contributed by atoms with E-state index in [0.717, 1.165) is 51.4 Å². The molecular weight excluding hydrogens is 398 g/mol. The lowest BCUT2D eigenvalue weighted by molar-refractivity contribution is -0.132. The summed E-state index contributed by atoms with van der Waals surface area (Å²) >= 11 is 6.16. The molecule has 0 spiro atoms. The van der Waals surface area contributed by atoms with Gasteiger partial charge in [0.05, 0.1) is 5.92 Å². The Balaban J connectivity index is 1.33. The number of benzene rings is 2. The number of rotatable bonds is 3. The molecule has 3 heterocycles. The van der Waals surface area contributed by atoms with Crippen LogP contribution in [0.25, 0.3) is 21.8 Å². The van der Waals surface area contributed by atoms with Crippen molar-refractivity contribution in [2.75, 3.05) is 31.1 Å². The molecule has 7 heteroatoms. The molecule has 0 saturated carbocycles. The van der Waals surface area contributed by atoms with Crippen LogP contribution in [0.1, 0.15) is 18.4 Å². The predicted octanol–water partition coefficient (Wildman–Crippen LogP) is 4.22. The highest BCUT2D eigenvalue weighted by Gasteiger charge is 2.27. The molecule has 1 saturated heterocycles. The first-order chi connectivity index (χ1) is 14.6. The highest BCUT2D eigenvalue weighted by atomic mass is 35.5. The van der Waals surface area contributed by atoms with Crippen LogP contribution in [0.15, 0.2) is 54.9 Å². The zero-order valence-electron chi connectivity index (χ0n) is 16.7. The van der Waals surface area contributed by atoms with E-state index in [2.05, 4.69) is 32.0 Å². The summed E-state index contributed by atoms with van der Waals surface area (Å²) in [7, 11) is 0. The Kier molecular flexibility index (Phi) is 4.79. The van der Waals surface area contributed by atoms with Gasteiger partial charge in [0.1, 0.15) is 0 Å². The second-order valence-electron chi connectivity index (χ2n) is 7.70. The van der Waals surface area contributed by atoms with Crippen molar-refractivity contribution in [2.24, 2.45) is 0 Å². The van der Waals surface area contributed by atoms with Crippen molar-refractivity contribution in [1.29, 1.82) is 0 Å². The minimum Gasteiger partial charge on any atom is -0.355 e. The first-order valence-electron chi connectivity index (χ1n) is 10.1. The van der Waals surface area contributed by atoms with Crippen LogP contribution >= 0.6 is 11.6 Å². The molecule has 0 bridgehead atoms. The van der Waals surface area contributed by atoms with Gasteiger partial charge >= 0.3 is 0 Å². The second-order valence-corrected chi connectivity index (χ2v) is 8.14. The standard InChI is InChI=1S/C23H22ClN5O/c1-15(22(30)28-9-11-29(12-10-28)23-25-7-2-8-26-23)16-3-5-18-19-14-17(24)4-6-20(19)27-21(18)13-16/h2-8,13-15,27H,9-12H2,1H3. The minimum atomic E-state index is -0.205. The third kappa shape index (κ3) is 3.37. The molecule has 2 aromatic carbocycles. The first kappa shape index (κ1) is 18.9. The van der Waals surface area contributed by atoms with Gasteiger partial charge in [-0.1, -0.05) is 23.7 Å². The van der Waals surface area contributed by atoms with Crippen LogP contribution in [-0.2, 0) is 4.79 Å². The average molecular weight is 420 g/mol. The van der Waals surface area contributed by atoms with E-state index in [9.17, 15) is 4.79 Å². The number of piperazine rings is 1. The van der Waals surface area contributed by atoms with Gasteiger partial charge in [-0.25, -0.2) is 9.97 Å². The number of carbonyl (C=O) groups excluding carboxylic acids is 1. The third-order valence-corrected chi connectivity index (χ3v) is 6.12. The Morgan fingerprint density at radius 3 is 2.53 bits per heavy atom. The summed E-state index contributed by atoms with van der Waals surface area (Å²) in [5, 5.41) is 2.94. The van der Waals surface area contributed by atoms with Crippen LogP contribution < -0.4 is 4.90 Å². The summed E-state index contributed by atoms with van der Waals surface area (Å²) < 4.78 is 0. The molecule has 1 unspecified atom stereocenters. The molecule has 1 aliphatic heterocycles. The molecule has 0 radical (unpaired) electrons. The number of H-pyrrole nitrogens is 1. The van der Waals surface area contributed by atoms with Crippen molar-refractivity contribution < 1.29 is 4.79 Å². The summed E-state index contributed by atoms with van der Waals surface area (Å²) in [6.45, 7) is 4.81. The van der Waals surface area contributed by atoms with Crippen molar-refractivity contribution in [3.8, 4) is 0 Å². The van der Waals surface area contributed by atoms with Crippen molar-refractivity contribution in [1.82, 2.24) is 19.9 Å². The van der Waals surface area contributed by atoms with E-state index in [4.69, 9.17) is 11.6 Å². The van der Waals surface area contributed by atoms with Crippen LogP contribution in [0.3, 0.4) is 0 Å². The Bertz CT molecular complexity index is 1210. The van der Waals surface area contributed by atoms with Gasteiger partial charge in [-0.2, -0.15) is 0 Å². The van der Waals surface area contributed by atoms with Crippen LogP contribution in [0.4, 0.5) is 5.95 Å². The third-order valence-electron chi connectivity index (χ3n) is 5.88. The number of aromatic nitrogens is 3. The van der Waals surface area contributed by atoms with E-state index in [-0.39, 0.29) is 11.8 Å². The zero-order valence-corrected chi connectivity index (χ0v) is 17.4. The number of aromatic amines is 1. The van der Waals surface area contributed by atoms with E-state index >= 15 is 0 Å². The number of amides is 1. The van der Waals surface area contributed by atoms with Crippen LogP contribution in [0.5, 0.6) is 0 Å². The van der Waals surface area contributed by atoms with E-state index in [1.54, 1.807) is 12.4 Å². The minimum absolute atomic E-state index is 0.155. The SMILES string of the molecule is CC(C(=O)N1CCN(c2ncccn2)CC1)c1ccc2c(c1)[nH]c1ccc(Cl)cc12. The maximum Gasteiger partial charge on any atom is 0.229 e. The van der Waals surface area contributed by atoms with Crippen LogP contribution in [0, 0.1) is 0 Å². The van der Waals surface area contributed by atoms with Crippen molar-refractivity contribution in [3.05, 3.63) is 65.4 Å². The van der Waals surface area contributed by atoms with Crippen LogP contribution in [-0.4, -0.2) is 51.9 Å². The Labute approximate surface area is 179 Å². The molecule has 152 valence electrons. The van der Waals surface area contributed by atoms with Gasteiger partial charge in [0.2, 0.25) is 11.9 Å². The molecular formula is C23H22ClN5O. The van der Waals surface area contributed by atoms with Crippen molar-refractivity contribution in [3.63, 3.8) is 0 Å². The van der Waals surface area contributed by atoms with Gasteiger partial charge in [0.15, 0.2) is 0 Å². The Morgan fingerprint density at radius 2 is 1.77 bits per heavy atom. The smallest absolute Gasteiger partial charge is 0.229 e. The molecule has 1 aliphatic rings. The largest absolute Gasteiger partial charge is 0.355 e. The fraction of sp³-hybridized carbons (Fsp3) is 0.261. The fourth-order valence-corrected chi connectivity index (χ4v) is 4.33. The van der Waals surface area contributed by atoms with Crippen molar-refractivity contribution in [2.45, 2.75) is 12.8 Å². The summed E-state index contributed by atoms with van der Waals surface area (Å²) in [5.41, 5.74) is 3.08. The Hall–Kier alpha value is -3.12. The highest BCUT2D eigenvalue weighted by molar-refractivity contribution is 6.31. The number of anilines is 1. The van der Waals surface area contributed by atoms with Crippen molar-refractivity contribution >= 4 is 45.3 Å². The number of nitrogens with zero attached hydrogens (tertiary/aromatic N) is 4. The number of fused-ring (bicyclic) bond motifs is 3. The molecule has 6 nitrogen and oxygen atoms in total. The number of halogens is 1. The van der Waals surface area contributed by atoms with Gasteiger partial charge in [0.25, 0.3) is 0 Å². The molecule has 5 rings (SSSR count). The van der Waals surface area contributed by atoms with Gasteiger partial charge in [-0.15, -0.1) is 0 Å². The average Bonchev–Trinajstić information content (AvgIpc) is 3.16. The maximum absolute atomic E-state index is 13.1. The van der Waals surface area contributed by atoms with Gasteiger partial charge in [0, 0.05) is 65.4 Å². The van der Waals surface area contributed by atoms with Gasteiger partial charge in [-0.05, 0) is 42.8 Å². The molecule has 0 aliphatic carbocycles. The molecule has 4 aromatic rings. The molecule has 1 fully saturated rings. The molecule has 30 heavy (non-hydrogen) atoms. The highest BCUT2D eigenvalue weighted by Crippen LogP contribution is 2.30. The Morgan fingerprint density at radius 1 is 1.00 bits per heavy atom. The zero-order chi connectivity index (χ0) is 20.7. The van der Waals surface area contributed by atoms with Crippen LogP contribution in [0.2, 0.25) is 5.02 Å². The summed E-state index contributed by atoms with van der Waals surface area (Å²) in [5.74, 6) is 0.674. The van der Waals surface area contributed by atoms with E-state index in [1.165, 1.54) is 0 Å². The first-order valence-corrected chi connectivity index (χ1v) is 10.5. The topological polar surface area (TPSA) is 65.1 Å². The number of carbonyl (C=O) groups is 1.